The van der Waals surface area contributed by atoms with Gasteiger partial charge in [0.25, 0.3) is 11.5 Å². The Morgan fingerprint density at radius 2 is 1.90 bits per heavy atom. The lowest BCUT2D eigenvalue weighted by atomic mass is 10.0. The van der Waals surface area contributed by atoms with Crippen molar-refractivity contribution in [1.82, 2.24) is 9.55 Å². The highest BCUT2D eigenvalue weighted by Gasteiger charge is 2.52. The summed E-state index contributed by atoms with van der Waals surface area (Å²) in [5.74, 6) is -5.00. The zero-order valence-corrected chi connectivity index (χ0v) is 20.5. The number of carbonyl (C=O) groups is 2. The van der Waals surface area contributed by atoms with Crippen LogP contribution in [0.2, 0.25) is 0 Å². The van der Waals surface area contributed by atoms with E-state index in [9.17, 15) is 43.3 Å². The smallest absolute Gasteiger partial charge is 0.330 e. The second kappa shape index (κ2) is 11.6. The third-order valence-corrected chi connectivity index (χ3v) is 6.10. The molecule has 4 rings (SSSR count). The molecule has 1 fully saturated rings. The average molecular weight is 570 g/mol. The highest BCUT2D eigenvalue weighted by atomic mass is 19.1. The Morgan fingerprint density at radius 3 is 2.52 bits per heavy atom. The number of H-pyrrole nitrogens is 1. The lowest BCUT2D eigenvalue weighted by molar-refractivity contribution is -0.241. The van der Waals surface area contributed by atoms with Gasteiger partial charge >= 0.3 is 5.69 Å². The molecule has 0 radical (unpaired) electrons. The number of amides is 2. The van der Waals surface area contributed by atoms with E-state index in [2.05, 4.69) is 5.32 Å². The minimum atomic E-state index is -1.94. The molecule has 8 atom stereocenters. The third-order valence-electron chi connectivity index (χ3n) is 6.10. The summed E-state index contributed by atoms with van der Waals surface area (Å²) in [6.45, 7) is 0. The largest absolute Gasteiger partial charge is 0.456 e. The van der Waals surface area contributed by atoms with Crippen LogP contribution in [0.15, 0.2) is 51.9 Å². The number of rotatable bonds is 8. The summed E-state index contributed by atoms with van der Waals surface area (Å²) in [4.78, 5) is 50.6. The number of hydrogen-bond acceptors (Lipinski definition) is 11. The van der Waals surface area contributed by atoms with Crippen LogP contribution in [0.1, 0.15) is 6.23 Å². The number of aromatic amines is 1. The first-order valence-electron chi connectivity index (χ1n) is 11.5. The summed E-state index contributed by atoms with van der Waals surface area (Å²) >= 11 is 0. The highest BCUT2D eigenvalue weighted by molar-refractivity contribution is 6.02. The lowest BCUT2D eigenvalue weighted by Crippen LogP contribution is -2.53. The summed E-state index contributed by atoms with van der Waals surface area (Å²) in [7, 11) is 1.15. The number of benzene rings is 1. The maximum Gasteiger partial charge on any atom is 0.330 e. The van der Waals surface area contributed by atoms with Crippen molar-refractivity contribution in [2.75, 3.05) is 12.4 Å². The van der Waals surface area contributed by atoms with Gasteiger partial charge in [0.15, 0.2) is 18.1 Å². The number of anilines is 1. The van der Waals surface area contributed by atoms with Crippen molar-refractivity contribution in [3.63, 3.8) is 0 Å². The molecule has 1 aromatic carbocycles. The van der Waals surface area contributed by atoms with Crippen LogP contribution in [0, 0.1) is 11.6 Å². The number of halogens is 2. The van der Waals surface area contributed by atoms with Crippen molar-refractivity contribution in [2.45, 2.75) is 49.1 Å². The van der Waals surface area contributed by atoms with E-state index in [0.717, 1.165) is 42.1 Å². The third kappa shape index (κ3) is 5.79. The molecular weight excluding hydrogens is 546 g/mol. The Balaban J connectivity index is 1.55. The molecule has 216 valence electrons. The first-order chi connectivity index (χ1) is 18.9. The number of nitrogens with zero attached hydrogens (tertiary/aromatic N) is 1. The molecule has 2 amide bonds. The van der Waals surface area contributed by atoms with E-state index in [1.807, 2.05) is 4.98 Å². The molecule has 0 aliphatic carbocycles. The van der Waals surface area contributed by atoms with Gasteiger partial charge in [-0.1, -0.05) is 0 Å². The number of aliphatic hydroxyl groups excluding tert-OH is 3. The molecule has 2 aromatic rings. The maximum atomic E-state index is 14.0. The van der Waals surface area contributed by atoms with Gasteiger partial charge in [-0.3, -0.25) is 23.9 Å². The van der Waals surface area contributed by atoms with Gasteiger partial charge in [0.1, 0.15) is 42.2 Å². The van der Waals surface area contributed by atoms with Crippen LogP contribution in [0.3, 0.4) is 0 Å². The predicted molar refractivity (Wildman–Crippen MR) is 126 cm³/mol. The fraction of sp³-hybridized carbons (Fsp3) is 0.391. The summed E-state index contributed by atoms with van der Waals surface area (Å²) in [5, 5.41) is 33.5. The first-order valence-corrected chi connectivity index (χ1v) is 11.5. The fourth-order valence-electron chi connectivity index (χ4n) is 4.16. The maximum absolute atomic E-state index is 14.0. The van der Waals surface area contributed by atoms with Crippen LogP contribution in [0.5, 0.6) is 0 Å². The molecule has 1 aromatic heterocycles. The Bertz CT molecular complexity index is 1430. The van der Waals surface area contributed by atoms with Crippen LogP contribution in [-0.4, -0.2) is 86.7 Å². The van der Waals surface area contributed by atoms with Crippen molar-refractivity contribution < 1.29 is 52.6 Å². The number of hydrogen-bond donors (Lipinski definition) is 6. The van der Waals surface area contributed by atoms with Crippen molar-refractivity contribution in [2.24, 2.45) is 5.73 Å². The van der Waals surface area contributed by atoms with Crippen molar-refractivity contribution in [3.05, 3.63) is 74.8 Å². The van der Waals surface area contributed by atoms with E-state index in [1.165, 1.54) is 0 Å². The summed E-state index contributed by atoms with van der Waals surface area (Å²) in [5.41, 5.74) is 3.38. The van der Waals surface area contributed by atoms with Crippen LogP contribution in [-0.2, 0) is 28.5 Å². The Morgan fingerprint density at radius 1 is 1.18 bits per heavy atom. The molecule has 15 nitrogen and oxygen atoms in total. The first kappa shape index (κ1) is 29.0. The molecule has 1 unspecified atom stereocenters. The second-order valence-corrected chi connectivity index (χ2v) is 8.74. The van der Waals surface area contributed by atoms with E-state index < -0.39 is 95.3 Å². The zero-order valence-electron chi connectivity index (χ0n) is 20.5. The molecular formula is C23H24F2N4O11. The van der Waals surface area contributed by atoms with Crippen LogP contribution in [0.4, 0.5) is 14.5 Å². The average Bonchev–Trinajstić information content (AvgIpc) is 3.21. The van der Waals surface area contributed by atoms with E-state index in [4.69, 9.17) is 24.7 Å². The number of aliphatic hydroxyl groups is 3. The molecule has 0 spiro atoms. The highest BCUT2D eigenvalue weighted by Crippen LogP contribution is 2.34. The molecule has 7 N–H and O–H groups in total. The number of ether oxygens (including phenoxy) is 4. The molecule has 2 aliphatic heterocycles. The van der Waals surface area contributed by atoms with E-state index >= 15 is 0 Å². The Labute approximate surface area is 222 Å². The minimum Gasteiger partial charge on any atom is -0.456 e. The Hall–Kier alpha value is -4.00. The van der Waals surface area contributed by atoms with E-state index in [0.29, 0.717) is 6.07 Å². The lowest BCUT2D eigenvalue weighted by Gasteiger charge is -2.35. The predicted octanol–water partition coefficient (Wildman–Crippen LogP) is -2.44. The fourth-order valence-corrected chi connectivity index (χ4v) is 4.16. The quantitative estimate of drug-likeness (QED) is 0.195. The zero-order chi connectivity index (χ0) is 29.3. The molecule has 0 bridgehead atoms. The standard InChI is InChI=1S/C23H24F2N4O11/c1-37-16-15(33)21(29-5-4-13(31)28-23(29)36)39-17(16)18(19(26)34)40-22-14(32)11(30)7-12(38-22)20(35)27-10-3-2-8(24)6-9(10)25/h2-7,11,14-18,21-22,30,32-33H,1H3,(H2,26,34)(H,27,35)(H,28,31,36)/t11-,14-,15+,16-,17-,18?,21+,22+/m0/s1. The van der Waals surface area contributed by atoms with Crippen LogP contribution >= 0.6 is 0 Å². The van der Waals surface area contributed by atoms with Gasteiger partial charge < -0.3 is 45.3 Å². The summed E-state index contributed by atoms with van der Waals surface area (Å²) in [6.07, 6.45) is -11.6. The number of aromatic nitrogens is 2. The molecule has 0 saturated carbocycles. The van der Waals surface area contributed by atoms with Gasteiger partial charge in [-0.25, -0.2) is 13.6 Å². The number of nitrogens with one attached hydrogen (secondary N) is 2. The monoisotopic (exact) mass is 570 g/mol. The number of primary amides is 1. The van der Waals surface area contributed by atoms with Gasteiger partial charge in [0.2, 0.25) is 12.2 Å². The molecule has 1 saturated heterocycles. The van der Waals surface area contributed by atoms with Gasteiger partial charge in [0, 0.05) is 25.4 Å². The van der Waals surface area contributed by atoms with Gasteiger partial charge in [0.05, 0.1) is 5.69 Å². The topological polar surface area (TPSA) is 225 Å². The normalized spacial score (nSPS) is 28.9. The summed E-state index contributed by atoms with van der Waals surface area (Å²) in [6, 6.07) is 3.32. The van der Waals surface area contributed by atoms with Crippen molar-refractivity contribution in [3.8, 4) is 0 Å². The SMILES string of the molecule is CO[C@H]1[C@@H](O)[C@H](n2ccc(=O)[nH]c2=O)O[C@@H]1C(O[C@H]1OC(C(=O)Nc2ccc(F)cc2F)=C[C@H](O)[C@@H]1O)C(N)=O. The van der Waals surface area contributed by atoms with Crippen LogP contribution in [0.25, 0.3) is 0 Å². The van der Waals surface area contributed by atoms with Crippen molar-refractivity contribution >= 4 is 17.5 Å². The summed E-state index contributed by atoms with van der Waals surface area (Å²) < 4.78 is 49.6. The molecule has 2 aliphatic rings. The van der Waals surface area contributed by atoms with Crippen molar-refractivity contribution in [1.29, 1.82) is 0 Å². The minimum absolute atomic E-state index is 0.427. The van der Waals surface area contributed by atoms with Gasteiger partial charge in [-0.15, -0.1) is 0 Å². The van der Waals surface area contributed by atoms with E-state index in [1.54, 1.807) is 0 Å². The van der Waals surface area contributed by atoms with Crippen LogP contribution < -0.4 is 22.3 Å². The second-order valence-electron chi connectivity index (χ2n) is 8.74. The van der Waals surface area contributed by atoms with E-state index in [-0.39, 0.29) is 0 Å². The molecule has 3 heterocycles. The number of carbonyl (C=O) groups excluding carboxylic acids is 2. The number of nitrogens with two attached hydrogens (primary N) is 1. The molecule has 40 heavy (non-hydrogen) atoms. The molecule has 17 heteroatoms. The Kier molecular flexibility index (Phi) is 8.43. The van der Waals surface area contributed by atoms with Gasteiger partial charge in [-0.05, 0) is 18.2 Å². The number of methoxy groups -OCH3 is 1. The van der Waals surface area contributed by atoms with Gasteiger partial charge in [-0.2, -0.15) is 0 Å².